The number of amides is 1. The summed E-state index contributed by atoms with van der Waals surface area (Å²) < 4.78 is 5.37. The molecule has 1 aliphatic heterocycles. The first kappa shape index (κ1) is 18.2. The number of hydrogen-bond donors (Lipinski definition) is 1. The molecule has 1 saturated heterocycles. The van der Waals surface area contributed by atoms with E-state index in [0.29, 0.717) is 17.0 Å². The molecule has 0 saturated carbocycles. The molecule has 128 valence electrons. The van der Waals surface area contributed by atoms with Crippen LogP contribution in [-0.2, 0) is 9.53 Å². The molecule has 0 radical (unpaired) electrons. The summed E-state index contributed by atoms with van der Waals surface area (Å²) in [4.78, 5) is 23.2. The molecule has 0 aliphatic carbocycles. The summed E-state index contributed by atoms with van der Waals surface area (Å²) in [5.74, 6) is 0.355. The van der Waals surface area contributed by atoms with Crippen LogP contribution in [0.15, 0.2) is 11.2 Å². The third-order valence-corrected chi connectivity index (χ3v) is 4.88. The van der Waals surface area contributed by atoms with Crippen molar-refractivity contribution in [3.63, 3.8) is 0 Å². The maximum Gasteiger partial charge on any atom is 0.230 e. The second-order valence-electron chi connectivity index (χ2n) is 5.97. The van der Waals surface area contributed by atoms with Crippen molar-refractivity contribution < 1.29 is 9.53 Å². The summed E-state index contributed by atoms with van der Waals surface area (Å²) in [6.45, 7) is 11.5. The zero-order valence-electron chi connectivity index (χ0n) is 14.3. The summed E-state index contributed by atoms with van der Waals surface area (Å²) in [6.07, 6.45) is 0. The molecule has 1 N–H and O–H groups in total. The van der Waals surface area contributed by atoms with E-state index >= 15 is 0 Å². The average Bonchev–Trinajstić information content (AvgIpc) is 2.52. The molecule has 2 atom stereocenters. The minimum atomic E-state index is 0.0189. The zero-order valence-corrected chi connectivity index (χ0v) is 15.2. The fraction of sp³-hybridized carbons (Fsp3) is 0.688. The number of morpholine rings is 1. The molecule has 1 aliphatic rings. The monoisotopic (exact) mass is 338 g/mol. The summed E-state index contributed by atoms with van der Waals surface area (Å²) in [6, 6.07) is 2.32. The normalized spacial score (nSPS) is 18.4. The van der Waals surface area contributed by atoms with Gasteiger partial charge in [-0.25, -0.2) is 9.97 Å². The van der Waals surface area contributed by atoms with E-state index in [9.17, 15) is 4.79 Å². The molecule has 0 aromatic carbocycles. The number of aromatic nitrogens is 2. The Balaban J connectivity index is 1.79. The van der Waals surface area contributed by atoms with Gasteiger partial charge in [-0.15, -0.1) is 0 Å². The maximum atomic E-state index is 12.2. The fourth-order valence-electron chi connectivity index (χ4n) is 2.61. The van der Waals surface area contributed by atoms with Crippen LogP contribution in [0.25, 0.3) is 0 Å². The number of nitrogens with zero attached hydrogens (tertiary/aromatic N) is 3. The quantitative estimate of drug-likeness (QED) is 0.625. The SMILES string of the molecule is Cc1cc(C)nc(SCC(=O)N[C@H](C)[C@H](C)N2CCOCC2)n1. The molecule has 23 heavy (non-hydrogen) atoms. The van der Waals surface area contributed by atoms with Crippen LogP contribution in [0.1, 0.15) is 25.2 Å². The highest BCUT2D eigenvalue weighted by molar-refractivity contribution is 7.99. The van der Waals surface area contributed by atoms with E-state index in [1.165, 1.54) is 11.8 Å². The molecule has 1 aromatic rings. The lowest BCUT2D eigenvalue weighted by Gasteiger charge is -2.35. The molecule has 1 amide bonds. The highest BCUT2D eigenvalue weighted by Crippen LogP contribution is 2.14. The van der Waals surface area contributed by atoms with Crippen molar-refractivity contribution in [1.82, 2.24) is 20.2 Å². The van der Waals surface area contributed by atoms with Gasteiger partial charge in [0.05, 0.1) is 19.0 Å². The van der Waals surface area contributed by atoms with Gasteiger partial charge in [0.2, 0.25) is 5.91 Å². The third-order valence-electron chi connectivity index (χ3n) is 4.03. The van der Waals surface area contributed by atoms with Crippen LogP contribution in [-0.4, -0.2) is 64.9 Å². The predicted molar refractivity (Wildman–Crippen MR) is 91.7 cm³/mol. The Bertz CT molecular complexity index is 515. The first-order chi connectivity index (χ1) is 11.0. The van der Waals surface area contributed by atoms with Gasteiger partial charge in [0.1, 0.15) is 0 Å². The van der Waals surface area contributed by atoms with Crippen LogP contribution < -0.4 is 5.32 Å². The van der Waals surface area contributed by atoms with Crippen LogP contribution in [0.5, 0.6) is 0 Å². The Kier molecular flexibility index (Phi) is 6.80. The van der Waals surface area contributed by atoms with Gasteiger partial charge < -0.3 is 10.1 Å². The molecule has 6 nitrogen and oxygen atoms in total. The summed E-state index contributed by atoms with van der Waals surface area (Å²) in [7, 11) is 0. The van der Waals surface area contributed by atoms with Crippen LogP contribution in [0.3, 0.4) is 0 Å². The lowest BCUT2D eigenvalue weighted by Crippen LogP contribution is -2.52. The Morgan fingerprint density at radius 2 is 1.91 bits per heavy atom. The summed E-state index contributed by atoms with van der Waals surface area (Å²) in [5.41, 5.74) is 1.85. The summed E-state index contributed by atoms with van der Waals surface area (Å²) >= 11 is 1.38. The second kappa shape index (κ2) is 8.61. The summed E-state index contributed by atoms with van der Waals surface area (Å²) in [5, 5.41) is 3.74. The molecule has 0 spiro atoms. The molecular weight excluding hydrogens is 312 g/mol. The van der Waals surface area contributed by atoms with Crippen molar-refractivity contribution in [3.8, 4) is 0 Å². The van der Waals surface area contributed by atoms with Gasteiger partial charge in [-0.3, -0.25) is 9.69 Å². The molecule has 1 aromatic heterocycles. The van der Waals surface area contributed by atoms with E-state index in [-0.39, 0.29) is 11.9 Å². The topological polar surface area (TPSA) is 67.4 Å². The van der Waals surface area contributed by atoms with Crippen LogP contribution in [0.4, 0.5) is 0 Å². The highest BCUT2D eigenvalue weighted by Gasteiger charge is 2.23. The van der Waals surface area contributed by atoms with E-state index in [2.05, 4.69) is 34.0 Å². The fourth-order valence-corrected chi connectivity index (χ4v) is 3.37. The van der Waals surface area contributed by atoms with Crippen molar-refractivity contribution in [2.75, 3.05) is 32.1 Å². The van der Waals surface area contributed by atoms with Crippen molar-refractivity contribution in [1.29, 1.82) is 0 Å². The van der Waals surface area contributed by atoms with Crippen LogP contribution >= 0.6 is 11.8 Å². The van der Waals surface area contributed by atoms with E-state index in [1.54, 1.807) is 0 Å². The highest BCUT2D eigenvalue weighted by atomic mass is 32.2. The molecule has 7 heteroatoms. The number of thioether (sulfide) groups is 1. The van der Waals surface area contributed by atoms with Crippen molar-refractivity contribution >= 4 is 17.7 Å². The largest absolute Gasteiger partial charge is 0.379 e. The zero-order chi connectivity index (χ0) is 16.8. The molecule has 2 heterocycles. The van der Waals surface area contributed by atoms with E-state index < -0.39 is 0 Å². The predicted octanol–water partition coefficient (Wildman–Crippen LogP) is 1.41. The number of nitrogens with one attached hydrogen (secondary N) is 1. The third kappa shape index (κ3) is 5.75. The molecule has 2 rings (SSSR count). The average molecular weight is 338 g/mol. The Morgan fingerprint density at radius 3 is 2.52 bits per heavy atom. The molecule has 1 fully saturated rings. The van der Waals surface area contributed by atoms with Crippen molar-refractivity contribution in [2.45, 2.75) is 44.9 Å². The van der Waals surface area contributed by atoms with Crippen LogP contribution in [0.2, 0.25) is 0 Å². The van der Waals surface area contributed by atoms with E-state index in [0.717, 1.165) is 37.7 Å². The first-order valence-electron chi connectivity index (χ1n) is 8.02. The minimum Gasteiger partial charge on any atom is -0.379 e. The lowest BCUT2D eigenvalue weighted by atomic mass is 10.1. The molecular formula is C16H26N4O2S. The molecule has 0 unspecified atom stereocenters. The van der Waals surface area contributed by atoms with Gasteiger partial charge in [0, 0.05) is 36.6 Å². The van der Waals surface area contributed by atoms with Gasteiger partial charge in [0.25, 0.3) is 0 Å². The smallest absolute Gasteiger partial charge is 0.230 e. The van der Waals surface area contributed by atoms with Gasteiger partial charge in [-0.05, 0) is 33.8 Å². The minimum absolute atomic E-state index is 0.0189. The lowest BCUT2D eigenvalue weighted by molar-refractivity contribution is -0.119. The van der Waals surface area contributed by atoms with Gasteiger partial charge in [-0.2, -0.15) is 0 Å². The van der Waals surface area contributed by atoms with E-state index in [4.69, 9.17) is 4.74 Å². The molecule has 0 bridgehead atoms. The maximum absolute atomic E-state index is 12.2. The first-order valence-corrected chi connectivity index (χ1v) is 9.00. The van der Waals surface area contributed by atoms with Crippen LogP contribution in [0, 0.1) is 13.8 Å². The van der Waals surface area contributed by atoms with Gasteiger partial charge >= 0.3 is 0 Å². The standard InChI is InChI=1S/C16H26N4O2S/c1-11-9-12(2)18-16(17-11)23-10-15(21)19-13(3)14(4)20-5-7-22-8-6-20/h9,13-14H,5-8,10H2,1-4H3,(H,19,21)/t13-,14+/m1/s1. The van der Waals surface area contributed by atoms with Crippen molar-refractivity contribution in [3.05, 3.63) is 17.5 Å². The Hall–Kier alpha value is -1.18. The van der Waals surface area contributed by atoms with E-state index in [1.807, 2.05) is 19.9 Å². The number of aryl methyl sites for hydroxylation is 2. The number of hydrogen-bond acceptors (Lipinski definition) is 6. The van der Waals surface area contributed by atoms with Crippen molar-refractivity contribution in [2.24, 2.45) is 0 Å². The van der Waals surface area contributed by atoms with Gasteiger partial charge in [-0.1, -0.05) is 11.8 Å². The Morgan fingerprint density at radius 1 is 1.30 bits per heavy atom. The number of ether oxygens (including phenoxy) is 1. The van der Waals surface area contributed by atoms with Gasteiger partial charge in [0.15, 0.2) is 5.16 Å². The number of carbonyl (C=O) groups is 1. The second-order valence-corrected chi connectivity index (χ2v) is 6.91. The number of rotatable bonds is 6. The number of carbonyl (C=O) groups excluding carboxylic acids is 1. The Labute approximate surface area is 142 Å².